The monoisotopic (exact) mass is 728 g/mol. The molecule has 46 heavy (non-hydrogen) atoms. The second-order valence-electron chi connectivity index (χ2n) is 12.1. The van der Waals surface area contributed by atoms with Crippen molar-refractivity contribution in [3.63, 3.8) is 0 Å². The Bertz CT molecular complexity index is 755. The van der Waals surface area contributed by atoms with E-state index in [1.54, 1.807) is 23.5 Å². The van der Waals surface area contributed by atoms with Gasteiger partial charge in [0, 0.05) is 51.7 Å². The van der Waals surface area contributed by atoms with Crippen molar-refractivity contribution in [2.45, 2.75) is 142 Å². The van der Waals surface area contributed by atoms with E-state index in [4.69, 9.17) is 36.0 Å². The first kappa shape index (κ1) is 43.9. The molecule has 0 spiro atoms. The molecule has 0 aromatic rings. The normalized spacial score (nSPS) is 18.0. The van der Waals surface area contributed by atoms with Gasteiger partial charge in [-0.05, 0) is 119 Å². The first-order chi connectivity index (χ1) is 21.8. The number of hydrogen-bond donors (Lipinski definition) is 0. The highest BCUT2D eigenvalue weighted by molar-refractivity contribution is 8.01. The number of esters is 2. The third-order valence-electron chi connectivity index (χ3n) is 7.52. The Morgan fingerprint density at radius 1 is 0.543 bits per heavy atom. The molecule has 0 aliphatic heterocycles. The molecule has 1 aliphatic carbocycles. The fraction of sp³-hybridized carbons (Fsp3) is 0.938. The second kappa shape index (κ2) is 22.5. The van der Waals surface area contributed by atoms with Gasteiger partial charge in [-0.3, -0.25) is 9.59 Å². The Kier molecular flexibility index (Phi) is 21.5. The molecule has 0 aromatic heterocycles. The molecule has 272 valence electrons. The van der Waals surface area contributed by atoms with Crippen LogP contribution in [-0.4, -0.2) is 102 Å². The molecule has 10 nitrogen and oxygen atoms in total. The van der Waals surface area contributed by atoms with Gasteiger partial charge in [0.1, 0.15) is 21.7 Å². The van der Waals surface area contributed by atoms with E-state index < -0.39 is 27.1 Å². The van der Waals surface area contributed by atoms with Crippen LogP contribution in [0.4, 0.5) is 0 Å². The maximum absolute atomic E-state index is 13.1. The summed E-state index contributed by atoms with van der Waals surface area (Å²) in [6.45, 7) is 22.7. The summed E-state index contributed by atoms with van der Waals surface area (Å²) in [5, 5.41) is 0. The Balaban J connectivity index is 2.48. The van der Waals surface area contributed by atoms with E-state index in [2.05, 4.69) is 0 Å². The zero-order valence-electron chi connectivity index (χ0n) is 30.4. The minimum absolute atomic E-state index is 0.163. The molecular weight excluding hydrogens is 665 g/mol. The molecule has 0 saturated heterocycles. The van der Waals surface area contributed by atoms with Crippen LogP contribution < -0.4 is 0 Å². The van der Waals surface area contributed by atoms with Crippen LogP contribution in [0, 0.1) is 0 Å². The van der Waals surface area contributed by atoms with Crippen LogP contribution >= 0.6 is 23.5 Å². The van der Waals surface area contributed by atoms with Gasteiger partial charge >= 0.3 is 29.5 Å². The average Bonchev–Trinajstić information content (AvgIpc) is 2.99. The highest BCUT2D eigenvalue weighted by atomic mass is 32.2. The van der Waals surface area contributed by atoms with E-state index in [0.717, 1.165) is 36.4 Å². The topological polar surface area (TPSA) is 108 Å². The van der Waals surface area contributed by atoms with Crippen LogP contribution in [0.2, 0.25) is 12.1 Å². The predicted octanol–water partition coefficient (Wildman–Crippen LogP) is 7.28. The predicted molar refractivity (Wildman–Crippen MR) is 191 cm³/mol. The van der Waals surface area contributed by atoms with Crippen LogP contribution in [0.25, 0.3) is 0 Å². The zero-order chi connectivity index (χ0) is 34.7. The number of carbonyl (C=O) groups excluding carboxylic acids is 2. The molecule has 1 aliphatic rings. The van der Waals surface area contributed by atoms with Crippen molar-refractivity contribution in [1.29, 1.82) is 0 Å². The Hall–Kier alpha value is -0.166. The van der Waals surface area contributed by atoms with Crippen LogP contribution in [0.5, 0.6) is 0 Å². The maximum atomic E-state index is 13.1. The lowest BCUT2D eigenvalue weighted by atomic mass is 9.94. The summed E-state index contributed by atoms with van der Waals surface area (Å²) in [6, 6.07) is 1.44. The maximum Gasteiger partial charge on any atom is 0.500 e. The van der Waals surface area contributed by atoms with Gasteiger partial charge in [-0.1, -0.05) is 0 Å². The third kappa shape index (κ3) is 15.6. The number of rotatable bonds is 26. The van der Waals surface area contributed by atoms with Crippen molar-refractivity contribution in [3.05, 3.63) is 0 Å². The fourth-order valence-corrected chi connectivity index (χ4v) is 12.9. The average molecular weight is 729 g/mol. The van der Waals surface area contributed by atoms with E-state index in [1.807, 2.05) is 69.2 Å². The highest BCUT2D eigenvalue weighted by Gasteiger charge is 2.42. The van der Waals surface area contributed by atoms with Gasteiger partial charge in [0.25, 0.3) is 0 Å². The third-order valence-corrected chi connectivity index (χ3v) is 16.6. The molecule has 1 rings (SSSR count). The SMILES string of the molecule is CCO[Si](CCCSC(C)(C)C(=O)OC1CCC(OC(=O)C(C)(C)SCCC[Si](OCC)(OCC)OCC)CC1)(OCC)OCC. The van der Waals surface area contributed by atoms with E-state index in [1.165, 1.54) is 0 Å². The van der Waals surface area contributed by atoms with Gasteiger partial charge in [-0.15, -0.1) is 23.5 Å². The van der Waals surface area contributed by atoms with Gasteiger partial charge in [0.05, 0.1) is 0 Å². The molecule has 0 radical (unpaired) electrons. The number of thioether (sulfide) groups is 2. The lowest BCUT2D eigenvalue weighted by Crippen LogP contribution is -2.46. The zero-order valence-corrected chi connectivity index (χ0v) is 34.0. The van der Waals surface area contributed by atoms with Gasteiger partial charge in [0.15, 0.2) is 0 Å². The first-order valence-corrected chi connectivity index (χ1v) is 23.1. The van der Waals surface area contributed by atoms with Crippen molar-refractivity contribution in [1.82, 2.24) is 0 Å². The van der Waals surface area contributed by atoms with E-state index in [9.17, 15) is 9.59 Å². The van der Waals surface area contributed by atoms with Crippen LogP contribution in [-0.2, 0) is 45.6 Å². The summed E-state index contributed by atoms with van der Waals surface area (Å²) in [5.74, 6) is 1.14. The molecule has 0 N–H and O–H groups in total. The summed E-state index contributed by atoms with van der Waals surface area (Å²) in [6.07, 6.45) is 4.06. The molecule has 1 saturated carbocycles. The van der Waals surface area contributed by atoms with Crippen molar-refractivity contribution in [2.75, 3.05) is 51.1 Å². The molecule has 0 amide bonds. The second-order valence-corrected chi connectivity index (χ2v) is 21.0. The summed E-state index contributed by atoms with van der Waals surface area (Å²) < 4.78 is 46.2. The minimum atomic E-state index is -2.69. The highest BCUT2D eigenvalue weighted by Crippen LogP contribution is 2.34. The summed E-state index contributed by atoms with van der Waals surface area (Å²) in [5.41, 5.74) is 0. The molecule has 0 unspecified atom stereocenters. The van der Waals surface area contributed by atoms with Crippen LogP contribution in [0.1, 0.15) is 108 Å². The molecule has 1 fully saturated rings. The quantitative estimate of drug-likeness (QED) is 0.0507. The van der Waals surface area contributed by atoms with Crippen molar-refractivity contribution in [2.24, 2.45) is 0 Å². The van der Waals surface area contributed by atoms with Crippen LogP contribution in [0.3, 0.4) is 0 Å². The lowest BCUT2D eigenvalue weighted by Gasteiger charge is -2.33. The Morgan fingerprint density at radius 3 is 1.04 bits per heavy atom. The first-order valence-electron chi connectivity index (χ1n) is 17.3. The number of carbonyl (C=O) groups is 2. The van der Waals surface area contributed by atoms with E-state index >= 15 is 0 Å². The van der Waals surface area contributed by atoms with E-state index in [0.29, 0.717) is 65.3 Å². The molecular formula is C32H64O10S2Si2. The standard InChI is InChI=1S/C32H64O10S2Si2/c1-11-35-45(36-12-2,37-13-3)25-17-23-43-31(7,8)29(33)41-27-19-21-28(22-20-27)42-30(34)32(9,10)44-24-18-26-46(38-14-4,39-15-5)40-16-6/h27-28H,11-26H2,1-10H3. The summed E-state index contributed by atoms with van der Waals surface area (Å²) in [7, 11) is -5.38. The van der Waals surface area contributed by atoms with Crippen molar-refractivity contribution >= 4 is 53.1 Å². The van der Waals surface area contributed by atoms with Crippen LogP contribution in [0.15, 0.2) is 0 Å². The van der Waals surface area contributed by atoms with Gasteiger partial charge in [-0.2, -0.15) is 0 Å². The van der Waals surface area contributed by atoms with Crippen molar-refractivity contribution < 1.29 is 45.6 Å². The molecule has 0 aromatic carbocycles. The lowest BCUT2D eigenvalue weighted by molar-refractivity contribution is -0.160. The smallest absolute Gasteiger partial charge is 0.461 e. The number of hydrogen-bond acceptors (Lipinski definition) is 12. The Morgan fingerprint density at radius 2 is 0.804 bits per heavy atom. The molecule has 0 bridgehead atoms. The van der Waals surface area contributed by atoms with Gasteiger partial charge in [-0.25, -0.2) is 0 Å². The summed E-state index contributed by atoms with van der Waals surface area (Å²) >= 11 is 3.18. The van der Waals surface area contributed by atoms with Gasteiger partial charge < -0.3 is 36.0 Å². The van der Waals surface area contributed by atoms with Gasteiger partial charge in [0.2, 0.25) is 0 Å². The molecule has 14 heteroatoms. The van der Waals surface area contributed by atoms with E-state index in [-0.39, 0.29) is 24.1 Å². The van der Waals surface area contributed by atoms with Crippen molar-refractivity contribution in [3.8, 4) is 0 Å². The number of ether oxygens (including phenoxy) is 2. The fourth-order valence-electron chi connectivity index (χ4n) is 5.21. The molecule has 0 atom stereocenters. The minimum Gasteiger partial charge on any atom is -0.461 e. The Labute approximate surface area is 290 Å². The molecule has 0 heterocycles. The summed E-state index contributed by atoms with van der Waals surface area (Å²) in [4.78, 5) is 26.2. The largest absolute Gasteiger partial charge is 0.500 e.